The topological polar surface area (TPSA) is 92.5 Å². The Morgan fingerprint density at radius 2 is 2.05 bits per heavy atom. The van der Waals surface area contributed by atoms with E-state index >= 15 is 0 Å². The molecule has 1 rings (SSSR count). The van der Waals surface area contributed by atoms with Gasteiger partial charge in [-0.05, 0) is 36.8 Å². The maximum atomic E-state index is 12.0. The summed E-state index contributed by atoms with van der Waals surface area (Å²) in [6.07, 6.45) is 1.53. The zero-order chi connectivity index (χ0) is 16.0. The summed E-state index contributed by atoms with van der Waals surface area (Å²) in [5, 5.41) is 22.7. The Balaban J connectivity index is 2.58. The molecule has 1 aromatic rings. The van der Waals surface area contributed by atoms with Crippen LogP contribution in [0.4, 0.5) is 5.69 Å². The van der Waals surface area contributed by atoms with Crippen LogP contribution in [0, 0.1) is 22.5 Å². The summed E-state index contributed by atoms with van der Waals surface area (Å²) in [5.74, 6) is -0.316. The highest BCUT2D eigenvalue weighted by atomic mass is 16.6. The lowest BCUT2D eigenvalue weighted by atomic mass is 9.89. The fourth-order valence-electron chi connectivity index (χ4n) is 1.95. The highest BCUT2D eigenvalue weighted by molar-refractivity contribution is 5.95. The maximum absolute atomic E-state index is 12.0. The lowest BCUT2D eigenvalue weighted by Crippen LogP contribution is -2.26. The number of nitro groups is 1. The molecule has 0 fully saturated rings. The van der Waals surface area contributed by atoms with Crippen LogP contribution >= 0.6 is 0 Å². The Hall–Kier alpha value is -1.95. The minimum absolute atomic E-state index is 0.0819. The molecule has 0 atom stereocenters. The quantitative estimate of drug-likeness (QED) is 0.459. The van der Waals surface area contributed by atoms with E-state index in [-0.39, 0.29) is 23.6 Å². The van der Waals surface area contributed by atoms with Crippen LogP contribution in [-0.4, -0.2) is 29.1 Å². The van der Waals surface area contributed by atoms with Gasteiger partial charge in [0, 0.05) is 30.8 Å². The van der Waals surface area contributed by atoms with Gasteiger partial charge >= 0.3 is 0 Å². The number of non-ortho nitro benzene ring substituents is 1. The van der Waals surface area contributed by atoms with Crippen molar-refractivity contribution in [3.63, 3.8) is 0 Å². The van der Waals surface area contributed by atoms with Crippen LogP contribution in [0.2, 0.25) is 0 Å². The van der Waals surface area contributed by atoms with Crippen LogP contribution < -0.4 is 5.32 Å². The average molecular weight is 294 g/mol. The van der Waals surface area contributed by atoms with Crippen molar-refractivity contribution < 1.29 is 14.8 Å². The molecule has 0 aliphatic heterocycles. The van der Waals surface area contributed by atoms with Crippen molar-refractivity contribution in [3.8, 4) is 0 Å². The highest BCUT2D eigenvalue weighted by Gasteiger charge is 2.16. The third-order valence-corrected chi connectivity index (χ3v) is 3.28. The Kier molecular flexibility index (Phi) is 5.84. The van der Waals surface area contributed by atoms with Crippen molar-refractivity contribution in [1.29, 1.82) is 0 Å². The molecule has 0 bridgehead atoms. The summed E-state index contributed by atoms with van der Waals surface area (Å²) < 4.78 is 0. The molecule has 0 spiro atoms. The zero-order valence-electron chi connectivity index (χ0n) is 12.7. The highest BCUT2D eigenvalue weighted by Crippen LogP contribution is 2.20. The first-order chi connectivity index (χ1) is 9.75. The first kappa shape index (κ1) is 17.1. The Morgan fingerprint density at radius 3 is 2.62 bits per heavy atom. The van der Waals surface area contributed by atoms with Crippen molar-refractivity contribution in [3.05, 3.63) is 39.4 Å². The molecule has 116 valence electrons. The predicted molar refractivity (Wildman–Crippen MR) is 80.3 cm³/mol. The van der Waals surface area contributed by atoms with Crippen molar-refractivity contribution in [2.45, 2.75) is 33.6 Å². The van der Waals surface area contributed by atoms with E-state index in [0.717, 1.165) is 12.8 Å². The second-order valence-electron chi connectivity index (χ2n) is 6.00. The molecular formula is C15H22N2O4. The third-order valence-electron chi connectivity index (χ3n) is 3.28. The van der Waals surface area contributed by atoms with E-state index in [1.165, 1.54) is 12.1 Å². The molecule has 0 heterocycles. The summed E-state index contributed by atoms with van der Waals surface area (Å²) in [4.78, 5) is 22.3. The molecular weight excluding hydrogens is 272 g/mol. The first-order valence-corrected chi connectivity index (χ1v) is 6.90. The normalized spacial score (nSPS) is 11.2. The summed E-state index contributed by atoms with van der Waals surface area (Å²) in [6, 6.07) is 4.33. The van der Waals surface area contributed by atoms with Gasteiger partial charge in [-0.15, -0.1) is 0 Å². The van der Waals surface area contributed by atoms with E-state index in [1.807, 2.05) is 13.8 Å². The van der Waals surface area contributed by atoms with Crippen LogP contribution in [0.5, 0.6) is 0 Å². The fraction of sp³-hybridized carbons (Fsp3) is 0.533. The minimum Gasteiger partial charge on any atom is -0.396 e. The second-order valence-corrected chi connectivity index (χ2v) is 6.00. The molecule has 1 amide bonds. The number of nitrogens with zero attached hydrogens (tertiary/aromatic N) is 1. The fourth-order valence-corrected chi connectivity index (χ4v) is 1.95. The first-order valence-electron chi connectivity index (χ1n) is 6.90. The Bertz CT molecular complexity index is 526. The maximum Gasteiger partial charge on any atom is 0.270 e. The summed E-state index contributed by atoms with van der Waals surface area (Å²) in [5.41, 5.74) is 0.729. The van der Waals surface area contributed by atoms with E-state index in [1.54, 1.807) is 13.0 Å². The van der Waals surface area contributed by atoms with Crippen LogP contribution in [-0.2, 0) is 0 Å². The number of nitrogens with one attached hydrogen (secondary N) is 1. The number of carbonyl (C=O) groups is 1. The number of benzene rings is 1. The molecule has 0 saturated heterocycles. The standard InChI is InChI=1S/C15H22N2O4/c1-11-7-12(9-13(8-11)17(20)21)14(19)16-6-4-5-15(2,3)10-18/h7-9,18H,4-6,10H2,1-3H3,(H,16,19). The van der Waals surface area contributed by atoms with Crippen LogP contribution in [0.25, 0.3) is 0 Å². The van der Waals surface area contributed by atoms with Gasteiger partial charge in [-0.3, -0.25) is 14.9 Å². The van der Waals surface area contributed by atoms with Crippen LogP contribution in [0.1, 0.15) is 42.6 Å². The number of nitro benzene ring substituents is 1. The average Bonchev–Trinajstić information content (AvgIpc) is 2.42. The molecule has 21 heavy (non-hydrogen) atoms. The molecule has 0 aliphatic rings. The van der Waals surface area contributed by atoms with Crippen LogP contribution in [0.3, 0.4) is 0 Å². The molecule has 6 heteroatoms. The summed E-state index contributed by atoms with van der Waals surface area (Å²) >= 11 is 0. The van der Waals surface area contributed by atoms with Gasteiger partial charge in [-0.25, -0.2) is 0 Å². The lowest BCUT2D eigenvalue weighted by Gasteiger charge is -2.21. The van der Waals surface area contributed by atoms with Gasteiger partial charge in [-0.2, -0.15) is 0 Å². The van der Waals surface area contributed by atoms with Gasteiger partial charge in [0.15, 0.2) is 0 Å². The van der Waals surface area contributed by atoms with Crippen molar-refractivity contribution in [2.75, 3.05) is 13.2 Å². The number of aryl methyl sites for hydroxylation is 1. The van der Waals surface area contributed by atoms with Gasteiger partial charge in [-0.1, -0.05) is 13.8 Å². The van der Waals surface area contributed by atoms with Crippen molar-refractivity contribution >= 4 is 11.6 Å². The number of aliphatic hydroxyl groups excluding tert-OH is 1. The van der Waals surface area contributed by atoms with Gasteiger partial charge in [0.2, 0.25) is 0 Å². The third kappa shape index (κ3) is 5.51. The van der Waals surface area contributed by atoms with E-state index < -0.39 is 4.92 Å². The molecule has 0 unspecified atom stereocenters. The number of aliphatic hydroxyl groups is 1. The van der Waals surface area contributed by atoms with Gasteiger partial charge < -0.3 is 10.4 Å². The van der Waals surface area contributed by atoms with E-state index in [0.29, 0.717) is 17.7 Å². The van der Waals surface area contributed by atoms with Gasteiger partial charge in [0.05, 0.1) is 4.92 Å². The predicted octanol–water partition coefficient (Wildman–Crippen LogP) is 2.43. The Morgan fingerprint density at radius 1 is 1.38 bits per heavy atom. The smallest absolute Gasteiger partial charge is 0.270 e. The van der Waals surface area contributed by atoms with Gasteiger partial charge in [0.25, 0.3) is 11.6 Å². The second kappa shape index (κ2) is 7.17. The van der Waals surface area contributed by atoms with E-state index in [2.05, 4.69) is 5.32 Å². The summed E-state index contributed by atoms with van der Waals surface area (Å²) in [6.45, 7) is 6.21. The van der Waals surface area contributed by atoms with E-state index in [9.17, 15) is 14.9 Å². The molecule has 0 radical (unpaired) electrons. The Labute approximate surface area is 124 Å². The largest absolute Gasteiger partial charge is 0.396 e. The lowest BCUT2D eigenvalue weighted by molar-refractivity contribution is -0.384. The molecule has 1 aromatic carbocycles. The molecule has 0 aliphatic carbocycles. The molecule has 0 saturated carbocycles. The number of hydrogen-bond acceptors (Lipinski definition) is 4. The zero-order valence-corrected chi connectivity index (χ0v) is 12.7. The monoisotopic (exact) mass is 294 g/mol. The number of amides is 1. The van der Waals surface area contributed by atoms with Gasteiger partial charge in [0.1, 0.15) is 0 Å². The molecule has 0 aromatic heterocycles. The van der Waals surface area contributed by atoms with Crippen molar-refractivity contribution in [1.82, 2.24) is 5.32 Å². The SMILES string of the molecule is Cc1cc(C(=O)NCCCC(C)(C)CO)cc([N+](=O)[O-])c1. The minimum atomic E-state index is -0.506. The number of hydrogen-bond donors (Lipinski definition) is 2. The van der Waals surface area contributed by atoms with Crippen LogP contribution in [0.15, 0.2) is 18.2 Å². The summed E-state index contributed by atoms with van der Waals surface area (Å²) in [7, 11) is 0. The van der Waals surface area contributed by atoms with E-state index in [4.69, 9.17) is 5.11 Å². The number of carbonyl (C=O) groups excluding carboxylic acids is 1. The number of rotatable bonds is 7. The molecule has 2 N–H and O–H groups in total. The van der Waals surface area contributed by atoms with Crippen molar-refractivity contribution in [2.24, 2.45) is 5.41 Å². The molecule has 6 nitrogen and oxygen atoms in total.